The van der Waals surface area contributed by atoms with E-state index in [-0.39, 0.29) is 12.0 Å². The van der Waals surface area contributed by atoms with E-state index in [1.54, 1.807) is 0 Å². The number of carbonyl (C=O) groups excluding carboxylic acids is 1. The molecule has 1 fully saturated rings. The second-order valence-corrected chi connectivity index (χ2v) is 6.22. The molecule has 0 aliphatic carbocycles. The van der Waals surface area contributed by atoms with Crippen molar-refractivity contribution in [2.24, 2.45) is 0 Å². The van der Waals surface area contributed by atoms with Gasteiger partial charge in [0.2, 0.25) is 11.9 Å². The van der Waals surface area contributed by atoms with Crippen molar-refractivity contribution in [1.29, 1.82) is 0 Å². The van der Waals surface area contributed by atoms with Crippen LogP contribution in [0.25, 0.3) is 0 Å². The van der Waals surface area contributed by atoms with Gasteiger partial charge >= 0.3 is 0 Å². The van der Waals surface area contributed by atoms with Crippen LogP contribution in [0.2, 0.25) is 0 Å². The number of aryl methyl sites for hydroxylation is 2. The van der Waals surface area contributed by atoms with Gasteiger partial charge in [0.25, 0.3) is 0 Å². The van der Waals surface area contributed by atoms with Gasteiger partial charge in [-0.2, -0.15) is 0 Å². The fraction of sp³-hybridized carbons (Fsp3) is 0.389. The van der Waals surface area contributed by atoms with Crippen molar-refractivity contribution in [2.75, 3.05) is 23.3 Å². The van der Waals surface area contributed by atoms with Gasteiger partial charge in [-0.3, -0.25) is 4.79 Å². The average molecular weight is 346 g/mol. The van der Waals surface area contributed by atoms with E-state index in [9.17, 15) is 13.6 Å². The number of aromatic nitrogens is 2. The first-order valence-electron chi connectivity index (χ1n) is 8.28. The molecule has 0 spiro atoms. The Hall–Kier alpha value is -2.57. The Morgan fingerprint density at radius 3 is 2.40 bits per heavy atom. The predicted octanol–water partition coefficient (Wildman–Crippen LogP) is 3.15. The first kappa shape index (κ1) is 17.3. The summed E-state index contributed by atoms with van der Waals surface area (Å²) in [6, 6.07) is 3.18. The number of hydrogen-bond donors (Lipinski definition) is 1. The third kappa shape index (κ3) is 3.92. The maximum Gasteiger partial charge on any atom is 0.229 e. The van der Waals surface area contributed by atoms with Crippen LogP contribution < -0.4 is 10.2 Å². The summed E-state index contributed by atoms with van der Waals surface area (Å²) in [4.78, 5) is 23.3. The summed E-state index contributed by atoms with van der Waals surface area (Å²) in [5.74, 6) is -1.12. The number of anilines is 2. The van der Waals surface area contributed by atoms with Gasteiger partial charge in [0.15, 0.2) is 0 Å². The van der Waals surface area contributed by atoms with Crippen LogP contribution in [0, 0.1) is 25.5 Å². The van der Waals surface area contributed by atoms with E-state index in [4.69, 9.17) is 0 Å². The lowest BCUT2D eigenvalue weighted by molar-refractivity contribution is -0.115. The molecular weight excluding hydrogens is 326 g/mol. The van der Waals surface area contributed by atoms with E-state index in [2.05, 4.69) is 20.2 Å². The molecule has 1 N–H and O–H groups in total. The maximum absolute atomic E-state index is 13.7. The van der Waals surface area contributed by atoms with E-state index in [1.807, 2.05) is 13.8 Å². The summed E-state index contributed by atoms with van der Waals surface area (Å²) in [7, 11) is 0. The van der Waals surface area contributed by atoms with Crippen LogP contribution in [-0.4, -0.2) is 29.0 Å². The number of rotatable bonds is 4. The summed E-state index contributed by atoms with van der Waals surface area (Å²) in [6.45, 7) is 5.49. The number of halogens is 2. The lowest BCUT2D eigenvalue weighted by Crippen LogP contribution is -2.23. The molecule has 25 heavy (non-hydrogen) atoms. The monoisotopic (exact) mass is 346 g/mol. The highest BCUT2D eigenvalue weighted by atomic mass is 19.1. The summed E-state index contributed by atoms with van der Waals surface area (Å²) in [5.41, 5.74) is 2.02. The summed E-state index contributed by atoms with van der Waals surface area (Å²) in [5, 5.41) is 2.74. The second kappa shape index (κ2) is 7.13. The van der Waals surface area contributed by atoms with Crippen LogP contribution in [0.15, 0.2) is 18.2 Å². The molecule has 2 heterocycles. The van der Waals surface area contributed by atoms with E-state index in [1.165, 1.54) is 6.07 Å². The zero-order valence-electron chi connectivity index (χ0n) is 14.3. The Labute approximate surface area is 145 Å². The van der Waals surface area contributed by atoms with Crippen molar-refractivity contribution >= 4 is 17.5 Å². The number of carbonyl (C=O) groups is 1. The topological polar surface area (TPSA) is 58.1 Å². The van der Waals surface area contributed by atoms with Crippen LogP contribution in [0.4, 0.5) is 20.4 Å². The molecule has 132 valence electrons. The lowest BCUT2D eigenvalue weighted by atomic mass is 10.1. The highest BCUT2D eigenvalue weighted by Crippen LogP contribution is 2.23. The van der Waals surface area contributed by atoms with E-state index >= 15 is 0 Å². The van der Waals surface area contributed by atoms with Crippen molar-refractivity contribution in [3.63, 3.8) is 0 Å². The molecule has 1 aliphatic rings. The molecule has 0 bridgehead atoms. The molecule has 0 unspecified atom stereocenters. The Bertz CT molecular complexity index is 781. The summed E-state index contributed by atoms with van der Waals surface area (Å²) in [6.07, 6.45) is 2.07. The smallest absolute Gasteiger partial charge is 0.229 e. The second-order valence-electron chi connectivity index (χ2n) is 6.22. The highest BCUT2D eigenvalue weighted by Gasteiger charge is 2.19. The SMILES string of the molecule is Cc1nc(N2CCCC2)nc(C)c1NC(=O)Cc1ccc(F)cc1F. The lowest BCUT2D eigenvalue weighted by Gasteiger charge is -2.18. The van der Waals surface area contributed by atoms with Crippen LogP contribution >= 0.6 is 0 Å². The van der Waals surface area contributed by atoms with Crippen LogP contribution in [-0.2, 0) is 11.2 Å². The molecule has 1 aliphatic heterocycles. The van der Waals surface area contributed by atoms with Gasteiger partial charge < -0.3 is 10.2 Å². The van der Waals surface area contributed by atoms with E-state index < -0.39 is 17.5 Å². The van der Waals surface area contributed by atoms with Gasteiger partial charge in [-0.15, -0.1) is 0 Å². The minimum Gasteiger partial charge on any atom is -0.341 e. The van der Waals surface area contributed by atoms with E-state index in [0.29, 0.717) is 23.0 Å². The molecule has 2 aromatic rings. The van der Waals surface area contributed by atoms with Crippen LogP contribution in [0.1, 0.15) is 29.8 Å². The highest BCUT2D eigenvalue weighted by molar-refractivity contribution is 5.93. The van der Waals surface area contributed by atoms with Gasteiger partial charge in [0.05, 0.1) is 23.5 Å². The molecule has 1 aromatic heterocycles. The first-order chi connectivity index (χ1) is 11.9. The number of nitrogens with one attached hydrogen (secondary N) is 1. The van der Waals surface area contributed by atoms with Crippen LogP contribution in [0.3, 0.4) is 0 Å². The van der Waals surface area contributed by atoms with Crippen molar-refractivity contribution < 1.29 is 13.6 Å². The largest absolute Gasteiger partial charge is 0.341 e. The Balaban J connectivity index is 1.74. The molecule has 0 atom stereocenters. The maximum atomic E-state index is 13.7. The molecule has 0 saturated carbocycles. The van der Waals surface area contributed by atoms with Gasteiger partial charge in [-0.1, -0.05) is 6.07 Å². The fourth-order valence-electron chi connectivity index (χ4n) is 2.96. The van der Waals surface area contributed by atoms with Gasteiger partial charge in [0.1, 0.15) is 11.6 Å². The molecule has 0 radical (unpaired) electrons. The summed E-state index contributed by atoms with van der Waals surface area (Å²) < 4.78 is 26.6. The van der Waals surface area contributed by atoms with Gasteiger partial charge in [-0.25, -0.2) is 18.7 Å². The number of nitrogens with zero attached hydrogens (tertiary/aromatic N) is 3. The molecular formula is C18H20F2N4O. The minimum absolute atomic E-state index is 0.142. The van der Waals surface area contributed by atoms with Gasteiger partial charge in [0, 0.05) is 19.2 Å². The number of benzene rings is 1. The quantitative estimate of drug-likeness (QED) is 0.924. The van der Waals surface area contributed by atoms with Crippen molar-refractivity contribution in [2.45, 2.75) is 33.1 Å². The van der Waals surface area contributed by atoms with Crippen molar-refractivity contribution in [3.8, 4) is 0 Å². The van der Waals surface area contributed by atoms with Crippen molar-refractivity contribution in [1.82, 2.24) is 9.97 Å². The summed E-state index contributed by atoms with van der Waals surface area (Å²) >= 11 is 0. The first-order valence-corrected chi connectivity index (χ1v) is 8.28. The normalized spacial score (nSPS) is 14.0. The van der Waals surface area contributed by atoms with E-state index in [0.717, 1.165) is 38.1 Å². The Kier molecular flexibility index (Phi) is 4.92. The molecule has 1 amide bonds. The van der Waals surface area contributed by atoms with Crippen molar-refractivity contribution in [3.05, 3.63) is 46.8 Å². The Morgan fingerprint density at radius 2 is 1.80 bits per heavy atom. The fourth-order valence-corrected chi connectivity index (χ4v) is 2.96. The third-order valence-corrected chi connectivity index (χ3v) is 4.28. The standard InChI is InChI=1S/C18H20F2N4O/c1-11-17(12(2)22-18(21-11)24-7-3-4-8-24)23-16(25)9-13-5-6-14(19)10-15(13)20/h5-6,10H,3-4,7-9H2,1-2H3,(H,23,25). The molecule has 1 saturated heterocycles. The zero-order chi connectivity index (χ0) is 18.0. The number of amides is 1. The minimum atomic E-state index is -0.732. The average Bonchev–Trinajstić information content (AvgIpc) is 3.08. The number of hydrogen-bond acceptors (Lipinski definition) is 4. The predicted molar refractivity (Wildman–Crippen MR) is 91.6 cm³/mol. The third-order valence-electron chi connectivity index (χ3n) is 4.28. The Morgan fingerprint density at radius 1 is 1.16 bits per heavy atom. The molecule has 7 heteroatoms. The molecule has 3 rings (SSSR count). The molecule has 1 aromatic carbocycles. The molecule has 5 nitrogen and oxygen atoms in total. The van der Waals surface area contributed by atoms with Gasteiger partial charge in [-0.05, 0) is 38.3 Å². The zero-order valence-corrected chi connectivity index (χ0v) is 14.3. The van der Waals surface area contributed by atoms with Crippen LogP contribution in [0.5, 0.6) is 0 Å².